The molecule has 298 valence electrons. The molecule has 2 rings (SSSR count). The summed E-state index contributed by atoms with van der Waals surface area (Å²) in [4.78, 5) is 41.3. The molecule has 13 nitrogen and oxygen atoms in total. The predicted molar refractivity (Wildman–Crippen MR) is 201 cm³/mol. The maximum absolute atomic E-state index is 13.9. The van der Waals surface area contributed by atoms with Gasteiger partial charge in [0.15, 0.2) is 16.6 Å². The molecule has 0 aliphatic carbocycles. The van der Waals surface area contributed by atoms with E-state index in [9.17, 15) is 19.5 Å². The third-order valence-electron chi connectivity index (χ3n) is 10.7. The second-order valence-corrected chi connectivity index (χ2v) is 25.6. The standard InChI is InChI=1S/C36H70N2O11Si2/c1-15-50(16-2,17-3)48-27-24-44-26(30(49-51(18-4,19-5)20-6)29(27)38(13)33(42)47-35(10,11)12)22-36(28(23-39)45-36)21-25(31(40)43-14)37-32(41)46-34(7,8)9/h25-30,39H,15-24H2,1-14H3,(H,37,41)/t25-,26+,27+,28-,29+,30-,36-/m0/s1. The summed E-state index contributed by atoms with van der Waals surface area (Å²) in [5.41, 5.74) is -2.58. The van der Waals surface area contributed by atoms with Gasteiger partial charge in [0.25, 0.3) is 0 Å². The average Bonchev–Trinajstić information content (AvgIpc) is 3.76. The van der Waals surface area contributed by atoms with Gasteiger partial charge in [-0.25, -0.2) is 14.4 Å². The van der Waals surface area contributed by atoms with Gasteiger partial charge in [-0.1, -0.05) is 41.5 Å². The van der Waals surface area contributed by atoms with Crippen molar-refractivity contribution in [3.63, 3.8) is 0 Å². The fourth-order valence-corrected chi connectivity index (χ4v) is 12.9. The number of epoxide rings is 1. The van der Waals surface area contributed by atoms with Crippen LogP contribution in [0.4, 0.5) is 9.59 Å². The second kappa shape index (κ2) is 18.5. The number of carbonyl (C=O) groups excluding carboxylic acids is 3. The van der Waals surface area contributed by atoms with Crippen LogP contribution in [0.25, 0.3) is 0 Å². The first kappa shape index (κ1) is 45.4. The number of rotatable bonds is 18. The zero-order valence-electron chi connectivity index (χ0n) is 34.0. The van der Waals surface area contributed by atoms with Crippen LogP contribution in [0.5, 0.6) is 0 Å². The summed E-state index contributed by atoms with van der Waals surface area (Å²) in [5.74, 6) is -0.671. The molecule has 7 atom stereocenters. The molecule has 0 aromatic heterocycles. The minimum Gasteiger partial charge on any atom is -0.467 e. The molecule has 2 aliphatic rings. The van der Waals surface area contributed by atoms with Gasteiger partial charge >= 0.3 is 18.2 Å². The van der Waals surface area contributed by atoms with Crippen LogP contribution in [-0.4, -0.2) is 125 Å². The Bertz CT molecular complexity index is 1120. The fraction of sp³-hybridized carbons (Fsp3) is 0.917. The molecule has 0 aromatic carbocycles. The van der Waals surface area contributed by atoms with E-state index in [-0.39, 0.29) is 26.1 Å². The summed E-state index contributed by atoms with van der Waals surface area (Å²) in [6, 6.07) is 3.65. The number of methoxy groups -OCH3 is 1. The van der Waals surface area contributed by atoms with E-state index in [1.807, 2.05) is 20.8 Å². The molecule has 2 heterocycles. The van der Waals surface area contributed by atoms with Crippen molar-refractivity contribution in [3.05, 3.63) is 0 Å². The van der Waals surface area contributed by atoms with E-state index in [0.717, 1.165) is 36.3 Å². The number of nitrogens with zero attached hydrogens (tertiary/aromatic N) is 1. The van der Waals surface area contributed by atoms with Gasteiger partial charge in [-0.15, -0.1) is 0 Å². The number of carbonyl (C=O) groups is 3. The molecule has 0 spiro atoms. The Morgan fingerprint density at radius 1 is 0.882 bits per heavy atom. The highest BCUT2D eigenvalue weighted by Gasteiger charge is 2.61. The third kappa shape index (κ3) is 12.1. The molecule has 2 amide bonds. The number of aliphatic hydroxyl groups is 1. The number of likely N-dealkylation sites (N-methyl/N-ethyl adjacent to an activating group) is 1. The zero-order chi connectivity index (χ0) is 39.0. The maximum atomic E-state index is 13.9. The Morgan fingerprint density at radius 3 is 1.82 bits per heavy atom. The van der Waals surface area contributed by atoms with E-state index in [4.69, 9.17) is 32.5 Å². The number of aliphatic hydroxyl groups excluding tert-OH is 1. The topological polar surface area (TPSA) is 155 Å². The van der Waals surface area contributed by atoms with Crippen LogP contribution in [-0.2, 0) is 37.3 Å². The van der Waals surface area contributed by atoms with E-state index in [0.29, 0.717) is 0 Å². The molecule has 2 N–H and O–H groups in total. The highest BCUT2D eigenvalue weighted by Crippen LogP contribution is 2.47. The van der Waals surface area contributed by atoms with E-state index < -0.39 is 88.1 Å². The first-order chi connectivity index (χ1) is 23.7. The van der Waals surface area contributed by atoms with Gasteiger partial charge in [-0.05, 0) is 77.8 Å². The van der Waals surface area contributed by atoms with E-state index >= 15 is 0 Å². The summed E-state index contributed by atoms with van der Waals surface area (Å²) in [6.07, 6.45) is -3.40. The highest BCUT2D eigenvalue weighted by atomic mass is 28.4. The molecule has 2 saturated heterocycles. The first-order valence-electron chi connectivity index (χ1n) is 19.0. The number of hydrogen-bond acceptors (Lipinski definition) is 11. The number of ether oxygens (including phenoxy) is 5. The van der Waals surface area contributed by atoms with Gasteiger partial charge in [-0.2, -0.15) is 0 Å². The number of hydrogen-bond donors (Lipinski definition) is 2. The largest absolute Gasteiger partial charge is 0.467 e. The smallest absolute Gasteiger partial charge is 0.410 e. The van der Waals surface area contributed by atoms with Crippen LogP contribution in [0.15, 0.2) is 0 Å². The lowest BCUT2D eigenvalue weighted by Gasteiger charge is -2.51. The number of amides is 2. The van der Waals surface area contributed by atoms with Gasteiger partial charge < -0.3 is 47.9 Å². The molecular formula is C36H70N2O11Si2. The van der Waals surface area contributed by atoms with Crippen LogP contribution >= 0.6 is 0 Å². The van der Waals surface area contributed by atoms with Gasteiger partial charge in [0, 0.05) is 19.9 Å². The number of nitrogens with one attached hydrogen (secondary N) is 1. The number of esters is 1. The van der Waals surface area contributed by atoms with Crippen LogP contribution in [0, 0.1) is 0 Å². The van der Waals surface area contributed by atoms with Crippen LogP contribution < -0.4 is 5.32 Å². The quantitative estimate of drug-likeness (QED) is 0.0692. The van der Waals surface area contributed by atoms with Gasteiger partial charge in [0.1, 0.15) is 28.9 Å². The average molecular weight is 763 g/mol. The van der Waals surface area contributed by atoms with Crippen molar-refractivity contribution in [3.8, 4) is 0 Å². The minimum atomic E-state index is -2.35. The molecule has 0 saturated carbocycles. The third-order valence-corrected chi connectivity index (χ3v) is 20.0. The van der Waals surface area contributed by atoms with Crippen LogP contribution in [0.3, 0.4) is 0 Å². The summed E-state index contributed by atoms with van der Waals surface area (Å²) < 4.78 is 43.8. The van der Waals surface area contributed by atoms with E-state index in [1.54, 1.807) is 32.7 Å². The Labute approximate surface area is 309 Å². The Hall–Kier alpha value is -1.76. The second-order valence-electron chi connectivity index (χ2n) is 16.2. The van der Waals surface area contributed by atoms with Crippen molar-refractivity contribution < 1.29 is 52.0 Å². The lowest BCUT2D eigenvalue weighted by atomic mass is 9.85. The Morgan fingerprint density at radius 2 is 1.39 bits per heavy atom. The normalized spacial score (nSPS) is 26.2. The molecule has 0 bridgehead atoms. The monoisotopic (exact) mass is 762 g/mol. The van der Waals surface area contributed by atoms with Crippen LogP contribution in [0.1, 0.15) is 95.9 Å². The van der Waals surface area contributed by atoms with Crippen molar-refractivity contribution in [2.75, 3.05) is 27.4 Å². The fourth-order valence-electron chi connectivity index (χ4n) is 7.17. The molecule has 0 aromatic rings. The van der Waals surface area contributed by atoms with Gasteiger partial charge in [0.2, 0.25) is 0 Å². The lowest BCUT2D eigenvalue weighted by molar-refractivity contribution is -0.160. The van der Waals surface area contributed by atoms with Gasteiger partial charge in [-0.3, -0.25) is 0 Å². The SMILES string of the molecule is CC[Si](CC)(CC)O[C@@H]1[C@H](N(C)C(=O)OC(C)(C)C)[C@H](O[Si](CC)(CC)CC)CO[C@@H]1C[C@]1(C[C@H](NC(=O)OC(C)(C)C)C(=O)OC)O[C@H]1CO. The zero-order valence-corrected chi connectivity index (χ0v) is 36.0. The van der Waals surface area contributed by atoms with E-state index in [2.05, 4.69) is 46.9 Å². The summed E-state index contributed by atoms with van der Waals surface area (Å²) >= 11 is 0. The Kier molecular flexibility index (Phi) is 16.5. The summed E-state index contributed by atoms with van der Waals surface area (Å²) in [6.45, 7) is 23.6. The van der Waals surface area contributed by atoms with Crippen LogP contribution in [0.2, 0.25) is 36.3 Å². The molecule has 0 unspecified atom stereocenters. The van der Waals surface area contributed by atoms with E-state index in [1.165, 1.54) is 7.11 Å². The highest BCUT2D eigenvalue weighted by molar-refractivity contribution is 6.74. The minimum absolute atomic E-state index is 0.00133. The van der Waals surface area contributed by atoms with Gasteiger partial charge in [0.05, 0.1) is 44.7 Å². The molecule has 2 fully saturated rings. The molecule has 15 heteroatoms. The molecule has 0 radical (unpaired) electrons. The Balaban J connectivity index is 2.68. The molecular weight excluding hydrogens is 693 g/mol. The molecule has 2 aliphatic heterocycles. The predicted octanol–water partition coefficient (Wildman–Crippen LogP) is 6.38. The summed E-state index contributed by atoms with van der Waals surface area (Å²) in [5, 5.41) is 13.0. The van der Waals surface area contributed by atoms with Crippen molar-refractivity contribution in [1.29, 1.82) is 0 Å². The van der Waals surface area contributed by atoms with Crippen molar-refractivity contribution in [2.45, 2.75) is 185 Å². The van der Waals surface area contributed by atoms with Crippen molar-refractivity contribution in [2.24, 2.45) is 0 Å². The first-order valence-corrected chi connectivity index (χ1v) is 24.0. The van der Waals surface area contributed by atoms with Crippen molar-refractivity contribution >= 4 is 34.8 Å². The summed E-state index contributed by atoms with van der Waals surface area (Å²) in [7, 11) is -1.56. The number of alkyl carbamates (subject to hydrolysis) is 1. The van der Waals surface area contributed by atoms with Crippen molar-refractivity contribution in [1.82, 2.24) is 10.2 Å². The lowest BCUT2D eigenvalue weighted by Crippen LogP contribution is -2.67. The maximum Gasteiger partial charge on any atom is 0.410 e. The molecule has 51 heavy (non-hydrogen) atoms.